The number of hydrogen-bond acceptors (Lipinski definition) is 3. The van der Waals surface area contributed by atoms with Gasteiger partial charge in [-0.1, -0.05) is 55.8 Å². The van der Waals surface area contributed by atoms with Crippen LogP contribution in [0.15, 0.2) is 48.1 Å². The van der Waals surface area contributed by atoms with E-state index in [1.165, 1.54) is 12.0 Å². The zero-order chi connectivity index (χ0) is 21.6. The van der Waals surface area contributed by atoms with Gasteiger partial charge < -0.3 is 4.74 Å². The first kappa shape index (κ1) is 20.7. The molecule has 0 aromatic heterocycles. The second-order valence-electron chi connectivity index (χ2n) is 10.7. The van der Waals surface area contributed by atoms with Crippen molar-refractivity contribution in [3.05, 3.63) is 53.6 Å². The molecule has 6 atom stereocenters. The summed E-state index contributed by atoms with van der Waals surface area (Å²) in [5.74, 6) is 2.14. The predicted molar refractivity (Wildman–Crippen MR) is 122 cm³/mol. The number of allylic oxidation sites excluding steroid dienone is 1. The highest BCUT2D eigenvalue weighted by atomic mass is 16.5. The molecular weight excluding hydrogens is 384 g/mol. The van der Waals surface area contributed by atoms with Crippen LogP contribution in [0.1, 0.15) is 70.8 Å². The third-order valence-electron chi connectivity index (χ3n) is 9.26. The van der Waals surface area contributed by atoms with E-state index in [4.69, 9.17) is 4.74 Å². The zero-order valence-corrected chi connectivity index (χ0v) is 18.8. The molecule has 31 heavy (non-hydrogen) atoms. The van der Waals surface area contributed by atoms with Crippen LogP contribution in [0, 0.1) is 28.6 Å². The highest BCUT2D eigenvalue weighted by Gasteiger charge is 2.58. The fourth-order valence-electron chi connectivity index (χ4n) is 7.43. The SMILES string of the molecule is C[C@@]12CCC3C(CC=C4CC(OC(=O)/C=C\c5ccccc5)CC[C@]43C)C1CCC2=O. The maximum atomic E-state index is 12.6. The lowest BCUT2D eigenvalue weighted by molar-refractivity contribution is -0.145. The van der Waals surface area contributed by atoms with Crippen LogP contribution >= 0.6 is 0 Å². The molecule has 3 saturated carbocycles. The molecule has 0 amide bonds. The van der Waals surface area contributed by atoms with Gasteiger partial charge in [0.1, 0.15) is 11.9 Å². The van der Waals surface area contributed by atoms with Gasteiger partial charge in [0.25, 0.3) is 0 Å². The lowest BCUT2D eigenvalue weighted by Crippen LogP contribution is -2.50. The number of rotatable bonds is 3. The summed E-state index contributed by atoms with van der Waals surface area (Å²) in [6, 6.07) is 9.85. The Hall–Kier alpha value is -2.16. The standard InChI is InChI=1S/C28H34O3/c1-27-16-14-21(31-26(30)13-8-19-6-4-3-5-7-19)18-20(27)9-10-22-23-11-12-25(29)28(23,2)17-15-24(22)27/h3-9,13,21-24H,10-12,14-18H2,1-2H3/b13-8-/t21?,22?,23?,24?,27-,28-/m1/s1. The minimum Gasteiger partial charge on any atom is -0.459 e. The quantitative estimate of drug-likeness (QED) is 0.336. The normalized spacial score (nSPS) is 39.4. The number of fused-ring (bicyclic) bond motifs is 5. The summed E-state index contributed by atoms with van der Waals surface area (Å²) in [4.78, 5) is 25.0. The van der Waals surface area contributed by atoms with Crippen LogP contribution in [0.5, 0.6) is 0 Å². The maximum absolute atomic E-state index is 12.6. The highest BCUT2D eigenvalue weighted by Crippen LogP contribution is 2.64. The number of esters is 1. The second-order valence-corrected chi connectivity index (χ2v) is 10.7. The van der Waals surface area contributed by atoms with Crippen molar-refractivity contribution in [1.29, 1.82) is 0 Å². The third kappa shape index (κ3) is 3.50. The van der Waals surface area contributed by atoms with Crippen molar-refractivity contribution < 1.29 is 14.3 Å². The molecule has 0 N–H and O–H groups in total. The Morgan fingerprint density at radius 2 is 1.77 bits per heavy atom. The summed E-state index contributed by atoms with van der Waals surface area (Å²) in [5, 5.41) is 0. The van der Waals surface area contributed by atoms with E-state index in [1.54, 1.807) is 6.08 Å². The number of benzene rings is 1. The fourth-order valence-corrected chi connectivity index (χ4v) is 7.43. The number of ether oxygens (including phenoxy) is 1. The number of ketones is 1. The molecule has 5 rings (SSSR count). The third-order valence-corrected chi connectivity index (χ3v) is 9.26. The Kier molecular flexibility index (Phi) is 5.19. The van der Waals surface area contributed by atoms with Crippen LogP contribution in [-0.2, 0) is 14.3 Å². The summed E-state index contributed by atoms with van der Waals surface area (Å²) >= 11 is 0. The van der Waals surface area contributed by atoms with Crippen LogP contribution in [0.3, 0.4) is 0 Å². The Labute approximate surface area is 185 Å². The molecule has 3 fully saturated rings. The smallest absolute Gasteiger partial charge is 0.331 e. The van der Waals surface area contributed by atoms with E-state index in [-0.39, 0.29) is 22.9 Å². The van der Waals surface area contributed by atoms with Crippen molar-refractivity contribution in [2.75, 3.05) is 0 Å². The van der Waals surface area contributed by atoms with E-state index < -0.39 is 0 Å². The lowest BCUT2D eigenvalue weighted by atomic mass is 9.48. The van der Waals surface area contributed by atoms with Crippen molar-refractivity contribution in [3.8, 4) is 0 Å². The van der Waals surface area contributed by atoms with E-state index in [0.717, 1.165) is 50.5 Å². The minimum absolute atomic E-state index is 0.0225. The molecule has 4 unspecified atom stereocenters. The van der Waals surface area contributed by atoms with Gasteiger partial charge >= 0.3 is 5.97 Å². The molecule has 3 heteroatoms. The van der Waals surface area contributed by atoms with Gasteiger partial charge in [-0.3, -0.25) is 4.79 Å². The molecule has 0 saturated heterocycles. The monoisotopic (exact) mass is 418 g/mol. The largest absolute Gasteiger partial charge is 0.459 e. The van der Waals surface area contributed by atoms with Gasteiger partial charge in [-0.25, -0.2) is 4.79 Å². The molecule has 1 aromatic rings. The van der Waals surface area contributed by atoms with E-state index in [2.05, 4.69) is 19.9 Å². The first-order valence-electron chi connectivity index (χ1n) is 12.1. The average Bonchev–Trinajstić information content (AvgIpc) is 3.08. The molecular formula is C28H34O3. The number of carbonyl (C=O) groups excluding carboxylic acids is 2. The summed E-state index contributed by atoms with van der Waals surface area (Å²) in [6.45, 7) is 4.69. The lowest BCUT2D eigenvalue weighted by Gasteiger charge is -2.56. The number of carbonyl (C=O) groups is 2. The summed E-state index contributed by atoms with van der Waals surface area (Å²) in [6.07, 6.45) is 13.9. The first-order valence-corrected chi connectivity index (χ1v) is 12.1. The summed E-state index contributed by atoms with van der Waals surface area (Å²) < 4.78 is 5.83. The first-order chi connectivity index (χ1) is 14.9. The molecule has 4 aliphatic rings. The van der Waals surface area contributed by atoms with Crippen LogP contribution in [0.2, 0.25) is 0 Å². The average molecular weight is 419 g/mol. The van der Waals surface area contributed by atoms with Crippen molar-refractivity contribution in [3.63, 3.8) is 0 Å². The molecule has 0 heterocycles. The van der Waals surface area contributed by atoms with Crippen LogP contribution in [0.25, 0.3) is 6.08 Å². The molecule has 4 aliphatic carbocycles. The fraction of sp³-hybridized carbons (Fsp3) is 0.571. The van der Waals surface area contributed by atoms with Crippen molar-refractivity contribution >= 4 is 17.8 Å². The van der Waals surface area contributed by atoms with Crippen molar-refractivity contribution in [1.82, 2.24) is 0 Å². The molecule has 0 bridgehead atoms. The van der Waals surface area contributed by atoms with Crippen molar-refractivity contribution in [2.24, 2.45) is 28.6 Å². The number of hydrogen-bond donors (Lipinski definition) is 0. The Morgan fingerprint density at radius 3 is 2.58 bits per heavy atom. The van der Waals surface area contributed by atoms with Gasteiger partial charge in [0.05, 0.1) is 0 Å². The Morgan fingerprint density at radius 1 is 1.03 bits per heavy atom. The van der Waals surface area contributed by atoms with E-state index in [9.17, 15) is 9.59 Å². The topological polar surface area (TPSA) is 43.4 Å². The zero-order valence-electron chi connectivity index (χ0n) is 18.8. The number of Topliss-reactive ketones (excluding diaryl/α,β-unsaturated/α-hetero) is 1. The van der Waals surface area contributed by atoms with Gasteiger partial charge in [-0.05, 0) is 73.3 Å². The van der Waals surface area contributed by atoms with E-state index in [1.807, 2.05) is 36.4 Å². The molecule has 0 aliphatic heterocycles. The molecule has 3 nitrogen and oxygen atoms in total. The van der Waals surface area contributed by atoms with Crippen molar-refractivity contribution in [2.45, 2.75) is 71.3 Å². The maximum Gasteiger partial charge on any atom is 0.331 e. The van der Waals surface area contributed by atoms with Crippen LogP contribution in [-0.4, -0.2) is 17.9 Å². The van der Waals surface area contributed by atoms with Crippen LogP contribution in [0.4, 0.5) is 0 Å². The summed E-state index contributed by atoms with van der Waals surface area (Å²) in [7, 11) is 0. The molecule has 164 valence electrons. The Bertz CT molecular complexity index is 929. The Balaban J connectivity index is 1.26. The molecule has 0 spiro atoms. The predicted octanol–water partition coefficient (Wildman–Crippen LogP) is 6.14. The summed E-state index contributed by atoms with van der Waals surface area (Å²) in [5.41, 5.74) is 2.64. The van der Waals surface area contributed by atoms with Gasteiger partial charge in [0.15, 0.2) is 0 Å². The van der Waals surface area contributed by atoms with E-state index in [0.29, 0.717) is 23.5 Å². The van der Waals surface area contributed by atoms with Gasteiger partial charge in [-0.2, -0.15) is 0 Å². The molecule has 1 aromatic carbocycles. The minimum atomic E-state index is -0.246. The molecule has 0 radical (unpaired) electrons. The van der Waals surface area contributed by atoms with E-state index >= 15 is 0 Å². The highest BCUT2D eigenvalue weighted by molar-refractivity contribution is 5.87. The van der Waals surface area contributed by atoms with Gasteiger partial charge in [-0.15, -0.1) is 0 Å². The van der Waals surface area contributed by atoms with Gasteiger partial charge in [0.2, 0.25) is 0 Å². The van der Waals surface area contributed by atoms with Gasteiger partial charge in [0, 0.05) is 24.3 Å². The second kappa shape index (κ2) is 7.76. The van der Waals surface area contributed by atoms with Crippen LogP contribution < -0.4 is 0 Å².